The number of carbonyl (C=O) groups excluding carboxylic acids is 2. The van der Waals surface area contributed by atoms with Crippen LogP contribution in [-0.4, -0.2) is 24.0 Å². The van der Waals surface area contributed by atoms with Gasteiger partial charge in [0.25, 0.3) is 5.91 Å². The fourth-order valence-electron chi connectivity index (χ4n) is 2.35. The Hall–Kier alpha value is -2.04. The van der Waals surface area contributed by atoms with Gasteiger partial charge in [-0.15, -0.1) is 0 Å². The van der Waals surface area contributed by atoms with Crippen molar-refractivity contribution in [3.8, 4) is 0 Å². The van der Waals surface area contributed by atoms with Crippen molar-refractivity contribution in [3.05, 3.63) is 29.8 Å². The van der Waals surface area contributed by atoms with Gasteiger partial charge in [0.15, 0.2) is 6.10 Å². The molecule has 0 heterocycles. The summed E-state index contributed by atoms with van der Waals surface area (Å²) in [5.41, 5.74) is 6.34. The second-order valence-corrected chi connectivity index (χ2v) is 5.12. The van der Waals surface area contributed by atoms with Crippen LogP contribution in [0.15, 0.2) is 24.3 Å². The van der Waals surface area contributed by atoms with Crippen LogP contribution in [-0.2, 0) is 9.53 Å². The molecule has 0 saturated heterocycles. The number of nitrogens with one attached hydrogen (secondary N) is 1. The summed E-state index contributed by atoms with van der Waals surface area (Å²) in [4.78, 5) is 23.9. The zero-order valence-electron chi connectivity index (χ0n) is 11.6. The second-order valence-electron chi connectivity index (χ2n) is 5.12. The summed E-state index contributed by atoms with van der Waals surface area (Å²) in [5.74, 6) is -0.822. The fraction of sp³-hybridized carbons (Fsp3) is 0.467. The second kappa shape index (κ2) is 6.41. The van der Waals surface area contributed by atoms with Crippen molar-refractivity contribution in [1.29, 1.82) is 0 Å². The van der Waals surface area contributed by atoms with Crippen molar-refractivity contribution in [2.24, 2.45) is 0 Å². The zero-order valence-corrected chi connectivity index (χ0v) is 11.6. The highest BCUT2D eigenvalue weighted by Gasteiger charge is 2.23. The molecule has 1 fully saturated rings. The van der Waals surface area contributed by atoms with Gasteiger partial charge in [0.1, 0.15) is 0 Å². The highest BCUT2D eigenvalue weighted by atomic mass is 16.5. The van der Waals surface area contributed by atoms with Crippen LogP contribution < -0.4 is 11.1 Å². The van der Waals surface area contributed by atoms with Gasteiger partial charge in [0.2, 0.25) is 0 Å². The van der Waals surface area contributed by atoms with Crippen LogP contribution in [0.25, 0.3) is 0 Å². The predicted molar refractivity (Wildman–Crippen MR) is 76.1 cm³/mol. The SMILES string of the molecule is CC(OC(=O)c1ccccc1N)C(=O)NC1CCCC1. The number of carbonyl (C=O) groups is 2. The molecule has 1 saturated carbocycles. The smallest absolute Gasteiger partial charge is 0.341 e. The monoisotopic (exact) mass is 276 g/mol. The topological polar surface area (TPSA) is 81.4 Å². The number of nitrogen functional groups attached to an aromatic ring is 1. The van der Waals surface area contributed by atoms with E-state index in [4.69, 9.17) is 10.5 Å². The quantitative estimate of drug-likeness (QED) is 0.650. The zero-order chi connectivity index (χ0) is 14.5. The Kier molecular flexibility index (Phi) is 4.61. The van der Waals surface area contributed by atoms with E-state index in [2.05, 4.69) is 5.32 Å². The maximum Gasteiger partial charge on any atom is 0.341 e. The van der Waals surface area contributed by atoms with E-state index in [1.807, 2.05) is 0 Å². The van der Waals surface area contributed by atoms with E-state index in [0.717, 1.165) is 25.7 Å². The first-order chi connectivity index (χ1) is 9.58. The third kappa shape index (κ3) is 3.50. The van der Waals surface area contributed by atoms with Gasteiger partial charge in [-0.2, -0.15) is 0 Å². The average molecular weight is 276 g/mol. The van der Waals surface area contributed by atoms with Crippen molar-refractivity contribution < 1.29 is 14.3 Å². The molecule has 1 unspecified atom stereocenters. The van der Waals surface area contributed by atoms with E-state index in [1.165, 1.54) is 0 Å². The number of esters is 1. The summed E-state index contributed by atoms with van der Waals surface area (Å²) in [5, 5.41) is 2.90. The van der Waals surface area contributed by atoms with Crippen LogP contribution in [0.1, 0.15) is 43.0 Å². The van der Waals surface area contributed by atoms with Gasteiger partial charge < -0.3 is 15.8 Å². The molecule has 0 aliphatic heterocycles. The summed E-state index contributed by atoms with van der Waals surface area (Å²) in [6.45, 7) is 1.57. The highest BCUT2D eigenvalue weighted by molar-refractivity contribution is 5.96. The van der Waals surface area contributed by atoms with Gasteiger partial charge in [0.05, 0.1) is 5.56 Å². The number of anilines is 1. The van der Waals surface area contributed by atoms with Crippen LogP contribution in [0.2, 0.25) is 0 Å². The minimum Gasteiger partial charge on any atom is -0.449 e. The van der Waals surface area contributed by atoms with E-state index in [1.54, 1.807) is 31.2 Å². The molecule has 0 radical (unpaired) electrons. The molecule has 1 aromatic rings. The molecule has 1 aliphatic carbocycles. The van der Waals surface area contributed by atoms with Crippen molar-refractivity contribution in [1.82, 2.24) is 5.32 Å². The largest absolute Gasteiger partial charge is 0.449 e. The summed E-state index contributed by atoms with van der Waals surface area (Å²) >= 11 is 0. The molecule has 1 aromatic carbocycles. The van der Waals surface area contributed by atoms with E-state index >= 15 is 0 Å². The Morgan fingerprint density at radius 1 is 1.30 bits per heavy atom. The Labute approximate surface area is 118 Å². The number of hydrogen-bond acceptors (Lipinski definition) is 4. The molecule has 1 atom stereocenters. The normalized spacial score (nSPS) is 16.6. The minimum absolute atomic E-state index is 0.213. The Balaban J connectivity index is 1.90. The summed E-state index contributed by atoms with van der Waals surface area (Å²) in [7, 11) is 0. The number of hydrogen-bond donors (Lipinski definition) is 2. The van der Waals surface area contributed by atoms with Crippen molar-refractivity contribution in [3.63, 3.8) is 0 Å². The summed E-state index contributed by atoms with van der Waals surface area (Å²) in [6.07, 6.45) is 3.46. The molecule has 20 heavy (non-hydrogen) atoms. The molecule has 2 rings (SSSR count). The molecule has 0 bridgehead atoms. The van der Waals surface area contributed by atoms with Crippen molar-refractivity contribution >= 4 is 17.6 Å². The maximum absolute atomic E-state index is 11.9. The number of ether oxygens (including phenoxy) is 1. The van der Waals surface area contributed by atoms with E-state index < -0.39 is 12.1 Å². The molecule has 3 N–H and O–H groups in total. The first kappa shape index (κ1) is 14.4. The standard InChI is InChI=1S/C15H20N2O3/c1-10(14(18)17-11-6-2-3-7-11)20-15(19)12-8-4-5-9-13(12)16/h4-5,8-11H,2-3,6-7,16H2,1H3,(H,17,18). The molecule has 5 nitrogen and oxygen atoms in total. The molecular weight excluding hydrogens is 256 g/mol. The average Bonchev–Trinajstić information content (AvgIpc) is 2.91. The molecule has 5 heteroatoms. The first-order valence-corrected chi connectivity index (χ1v) is 6.94. The molecule has 0 spiro atoms. The lowest BCUT2D eigenvalue weighted by molar-refractivity contribution is -0.129. The molecule has 108 valence electrons. The van der Waals surface area contributed by atoms with Crippen LogP contribution in [0.4, 0.5) is 5.69 Å². The van der Waals surface area contributed by atoms with Crippen molar-refractivity contribution in [2.75, 3.05) is 5.73 Å². The number of benzene rings is 1. The van der Waals surface area contributed by atoms with Gasteiger partial charge in [-0.25, -0.2) is 4.79 Å². The van der Waals surface area contributed by atoms with Gasteiger partial charge >= 0.3 is 5.97 Å². The third-order valence-corrected chi connectivity index (χ3v) is 3.54. The third-order valence-electron chi connectivity index (χ3n) is 3.54. The minimum atomic E-state index is -0.817. The van der Waals surface area contributed by atoms with Gasteiger partial charge in [-0.05, 0) is 31.9 Å². The van der Waals surface area contributed by atoms with Crippen LogP contribution in [0.5, 0.6) is 0 Å². The molecule has 0 aromatic heterocycles. The van der Waals surface area contributed by atoms with Gasteiger partial charge in [-0.3, -0.25) is 4.79 Å². The maximum atomic E-state index is 11.9. The lowest BCUT2D eigenvalue weighted by Gasteiger charge is -2.17. The van der Waals surface area contributed by atoms with Crippen LogP contribution in [0, 0.1) is 0 Å². The van der Waals surface area contributed by atoms with E-state index in [0.29, 0.717) is 5.69 Å². The van der Waals surface area contributed by atoms with Gasteiger partial charge in [-0.1, -0.05) is 25.0 Å². The highest BCUT2D eigenvalue weighted by Crippen LogP contribution is 2.18. The lowest BCUT2D eigenvalue weighted by Crippen LogP contribution is -2.40. The number of nitrogens with two attached hydrogens (primary N) is 1. The van der Waals surface area contributed by atoms with Crippen LogP contribution >= 0.6 is 0 Å². The fourth-order valence-corrected chi connectivity index (χ4v) is 2.35. The van der Waals surface area contributed by atoms with Crippen LogP contribution in [0.3, 0.4) is 0 Å². The Morgan fingerprint density at radius 3 is 2.60 bits per heavy atom. The molecule has 1 aliphatic rings. The number of para-hydroxylation sites is 1. The lowest BCUT2D eigenvalue weighted by atomic mass is 10.2. The molecular formula is C15H20N2O3. The van der Waals surface area contributed by atoms with E-state index in [9.17, 15) is 9.59 Å². The van der Waals surface area contributed by atoms with Crippen molar-refractivity contribution in [2.45, 2.75) is 44.8 Å². The molecule has 1 amide bonds. The summed E-state index contributed by atoms with van der Waals surface area (Å²) in [6, 6.07) is 6.86. The Morgan fingerprint density at radius 2 is 1.95 bits per heavy atom. The van der Waals surface area contributed by atoms with E-state index in [-0.39, 0.29) is 17.5 Å². The number of amides is 1. The first-order valence-electron chi connectivity index (χ1n) is 6.94. The number of rotatable bonds is 4. The Bertz CT molecular complexity index is 496. The summed E-state index contributed by atoms with van der Waals surface area (Å²) < 4.78 is 5.16. The van der Waals surface area contributed by atoms with Gasteiger partial charge in [0, 0.05) is 11.7 Å². The predicted octanol–water partition coefficient (Wildman–Crippen LogP) is 1.87.